The van der Waals surface area contributed by atoms with E-state index < -0.39 is 0 Å². The van der Waals surface area contributed by atoms with E-state index in [1.807, 2.05) is 18.8 Å². The molecule has 2 unspecified atom stereocenters. The number of carbonyl (C=O) groups is 1. The lowest BCUT2D eigenvalue weighted by atomic mass is 10.1. The maximum atomic E-state index is 11.3. The first kappa shape index (κ1) is 14.3. The molecule has 1 N–H and O–H groups in total. The van der Waals surface area contributed by atoms with Crippen LogP contribution in [0.4, 0.5) is 5.69 Å². The van der Waals surface area contributed by atoms with Gasteiger partial charge in [0, 0.05) is 37.5 Å². The number of amides is 1. The van der Waals surface area contributed by atoms with Crippen molar-refractivity contribution in [2.75, 3.05) is 18.1 Å². The van der Waals surface area contributed by atoms with Gasteiger partial charge in [0.15, 0.2) is 0 Å². The van der Waals surface area contributed by atoms with Gasteiger partial charge in [-0.05, 0) is 29.9 Å². The molecule has 0 bridgehead atoms. The van der Waals surface area contributed by atoms with Crippen LogP contribution >= 0.6 is 11.8 Å². The van der Waals surface area contributed by atoms with Crippen molar-refractivity contribution in [2.24, 2.45) is 0 Å². The van der Waals surface area contributed by atoms with E-state index in [1.165, 1.54) is 17.7 Å². The van der Waals surface area contributed by atoms with Crippen molar-refractivity contribution < 1.29 is 4.79 Å². The van der Waals surface area contributed by atoms with E-state index in [0.717, 1.165) is 5.69 Å². The van der Waals surface area contributed by atoms with E-state index >= 15 is 0 Å². The Hall–Kier alpha value is -1.16. The van der Waals surface area contributed by atoms with Crippen LogP contribution in [0.15, 0.2) is 24.3 Å². The summed E-state index contributed by atoms with van der Waals surface area (Å²) in [5.74, 6) is 1.34. The highest BCUT2D eigenvalue weighted by molar-refractivity contribution is 8.00. The van der Waals surface area contributed by atoms with E-state index in [4.69, 9.17) is 0 Å². The summed E-state index contributed by atoms with van der Waals surface area (Å²) in [5.41, 5.74) is 2.33. The van der Waals surface area contributed by atoms with Crippen LogP contribution in [0.2, 0.25) is 0 Å². The zero-order valence-electron chi connectivity index (χ0n) is 11.8. The molecule has 0 spiro atoms. The van der Waals surface area contributed by atoms with E-state index in [0.29, 0.717) is 17.8 Å². The fourth-order valence-corrected chi connectivity index (χ4v) is 3.48. The SMILES string of the molecule is CC(=O)N(C)Cc1cccc(NC2CCSC2C)c1. The van der Waals surface area contributed by atoms with E-state index in [9.17, 15) is 4.79 Å². The molecule has 19 heavy (non-hydrogen) atoms. The van der Waals surface area contributed by atoms with Gasteiger partial charge in [-0.15, -0.1) is 0 Å². The minimum atomic E-state index is 0.0965. The Morgan fingerprint density at radius 2 is 2.32 bits per heavy atom. The van der Waals surface area contributed by atoms with Gasteiger partial charge >= 0.3 is 0 Å². The van der Waals surface area contributed by atoms with Gasteiger partial charge in [0.1, 0.15) is 0 Å². The number of benzene rings is 1. The van der Waals surface area contributed by atoms with Crippen LogP contribution in [-0.2, 0) is 11.3 Å². The summed E-state index contributed by atoms with van der Waals surface area (Å²) in [4.78, 5) is 13.0. The number of rotatable bonds is 4. The summed E-state index contributed by atoms with van der Waals surface area (Å²) in [5, 5.41) is 4.28. The Bertz CT molecular complexity index is 450. The molecule has 1 amide bonds. The Labute approximate surface area is 119 Å². The first-order valence-electron chi connectivity index (χ1n) is 6.75. The first-order chi connectivity index (χ1) is 9.06. The fraction of sp³-hybridized carbons (Fsp3) is 0.533. The van der Waals surface area contributed by atoms with Gasteiger partial charge in [0.25, 0.3) is 0 Å². The molecule has 1 aromatic rings. The minimum Gasteiger partial charge on any atom is -0.381 e. The molecule has 1 heterocycles. The molecule has 1 saturated heterocycles. The van der Waals surface area contributed by atoms with Gasteiger partial charge in [0.05, 0.1) is 0 Å². The molecule has 104 valence electrons. The maximum Gasteiger partial charge on any atom is 0.219 e. The van der Waals surface area contributed by atoms with Crippen molar-refractivity contribution in [3.8, 4) is 0 Å². The average Bonchev–Trinajstić information content (AvgIpc) is 2.75. The summed E-state index contributed by atoms with van der Waals surface area (Å²) in [6.45, 7) is 4.54. The second kappa shape index (κ2) is 6.33. The maximum absolute atomic E-state index is 11.3. The number of hydrogen-bond acceptors (Lipinski definition) is 3. The monoisotopic (exact) mass is 278 g/mol. The van der Waals surface area contributed by atoms with Crippen molar-refractivity contribution in [2.45, 2.75) is 38.1 Å². The van der Waals surface area contributed by atoms with Crippen LogP contribution in [0.25, 0.3) is 0 Å². The second-order valence-electron chi connectivity index (χ2n) is 5.19. The van der Waals surface area contributed by atoms with Gasteiger partial charge < -0.3 is 10.2 Å². The second-order valence-corrected chi connectivity index (χ2v) is 6.68. The molecule has 1 aliphatic heterocycles. The van der Waals surface area contributed by atoms with Crippen molar-refractivity contribution >= 4 is 23.4 Å². The molecule has 2 atom stereocenters. The molecule has 1 aliphatic rings. The lowest BCUT2D eigenvalue weighted by Gasteiger charge is -2.19. The summed E-state index contributed by atoms with van der Waals surface area (Å²) >= 11 is 2.03. The van der Waals surface area contributed by atoms with Gasteiger partial charge in [0.2, 0.25) is 5.91 Å². The van der Waals surface area contributed by atoms with Crippen LogP contribution in [-0.4, -0.2) is 34.9 Å². The van der Waals surface area contributed by atoms with Gasteiger partial charge in [-0.1, -0.05) is 19.1 Å². The number of thioether (sulfide) groups is 1. The predicted molar refractivity (Wildman–Crippen MR) is 82.5 cm³/mol. The number of hydrogen-bond donors (Lipinski definition) is 1. The van der Waals surface area contributed by atoms with Crippen LogP contribution in [0.3, 0.4) is 0 Å². The summed E-state index contributed by atoms with van der Waals surface area (Å²) in [7, 11) is 1.83. The van der Waals surface area contributed by atoms with E-state index in [-0.39, 0.29) is 5.91 Å². The topological polar surface area (TPSA) is 32.3 Å². The largest absolute Gasteiger partial charge is 0.381 e. The minimum absolute atomic E-state index is 0.0965. The van der Waals surface area contributed by atoms with Crippen molar-refractivity contribution in [1.82, 2.24) is 4.90 Å². The quantitative estimate of drug-likeness (QED) is 0.919. The van der Waals surface area contributed by atoms with Gasteiger partial charge in [-0.2, -0.15) is 11.8 Å². The predicted octanol–water partition coefficient (Wildman–Crippen LogP) is 2.97. The van der Waals surface area contributed by atoms with Crippen LogP contribution in [0.5, 0.6) is 0 Å². The molecule has 0 aliphatic carbocycles. The van der Waals surface area contributed by atoms with Crippen molar-refractivity contribution in [3.63, 3.8) is 0 Å². The lowest BCUT2D eigenvalue weighted by Crippen LogP contribution is -2.25. The Kier molecular flexibility index (Phi) is 4.75. The van der Waals surface area contributed by atoms with Crippen LogP contribution in [0.1, 0.15) is 25.8 Å². The third-order valence-corrected chi connectivity index (χ3v) is 4.94. The molecule has 3 nitrogen and oxygen atoms in total. The summed E-state index contributed by atoms with van der Waals surface area (Å²) in [6.07, 6.45) is 1.23. The number of nitrogens with zero attached hydrogens (tertiary/aromatic N) is 1. The number of nitrogens with one attached hydrogen (secondary N) is 1. The van der Waals surface area contributed by atoms with Crippen LogP contribution < -0.4 is 5.32 Å². The van der Waals surface area contributed by atoms with E-state index in [1.54, 1.807) is 11.8 Å². The van der Waals surface area contributed by atoms with Gasteiger partial charge in [-0.3, -0.25) is 4.79 Å². The van der Waals surface area contributed by atoms with Crippen LogP contribution in [0, 0.1) is 0 Å². The smallest absolute Gasteiger partial charge is 0.219 e. The average molecular weight is 278 g/mol. The zero-order valence-corrected chi connectivity index (χ0v) is 12.7. The molecule has 4 heteroatoms. The molecule has 1 fully saturated rings. The summed E-state index contributed by atoms with van der Waals surface area (Å²) in [6, 6.07) is 8.93. The molecule has 0 radical (unpaired) electrons. The van der Waals surface area contributed by atoms with Crippen molar-refractivity contribution in [3.05, 3.63) is 29.8 Å². The molecular weight excluding hydrogens is 256 g/mol. The highest BCUT2D eigenvalue weighted by Gasteiger charge is 2.23. The van der Waals surface area contributed by atoms with Crippen molar-refractivity contribution in [1.29, 1.82) is 0 Å². The highest BCUT2D eigenvalue weighted by Crippen LogP contribution is 2.29. The molecule has 2 rings (SSSR count). The summed E-state index contributed by atoms with van der Waals surface area (Å²) < 4.78 is 0. The number of carbonyl (C=O) groups excluding carboxylic acids is 1. The molecule has 0 saturated carbocycles. The van der Waals surface area contributed by atoms with Gasteiger partial charge in [-0.25, -0.2) is 0 Å². The third kappa shape index (κ3) is 3.90. The Morgan fingerprint density at radius 3 is 2.95 bits per heavy atom. The molecule has 0 aromatic heterocycles. The molecular formula is C15H22N2OS. The first-order valence-corrected chi connectivity index (χ1v) is 7.80. The normalized spacial score (nSPS) is 22.3. The zero-order chi connectivity index (χ0) is 13.8. The third-order valence-electron chi connectivity index (χ3n) is 3.61. The number of anilines is 1. The standard InChI is InChI=1S/C15H22N2OS/c1-11-15(7-8-19-11)16-14-6-4-5-13(9-14)10-17(3)12(2)18/h4-6,9,11,15-16H,7-8,10H2,1-3H3. The lowest BCUT2D eigenvalue weighted by molar-refractivity contribution is -0.128. The highest BCUT2D eigenvalue weighted by atomic mass is 32.2. The Morgan fingerprint density at radius 1 is 1.53 bits per heavy atom. The van der Waals surface area contributed by atoms with E-state index in [2.05, 4.69) is 36.5 Å². The fourth-order valence-electron chi connectivity index (χ4n) is 2.28. The Balaban J connectivity index is 2.00. The molecule has 1 aromatic carbocycles.